The van der Waals surface area contributed by atoms with Crippen LogP contribution in [-0.2, 0) is 22.6 Å². The van der Waals surface area contributed by atoms with E-state index in [0.29, 0.717) is 19.8 Å². The Hall–Kier alpha value is -2.64. The van der Waals surface area contributed by atoms with Crippen LogP contribution in [-0.4, -0.2) is 61.4 Å². The molecule has 0 spiro atoms. The van der Waals surface area contributed by atoms with Crippen LogP contribution in [0.3, 0.4) is 0 Å². The first-order valence-electron chi connectivity index (χ1n) is 10.6. The summed E-state index contributed by atoms with van der Waals surface area (Å²) >= 11 is 0. The highest BCUT2D eigenvalue weighted by Gasteiger charge is 2.32. The van der Waals surface area contributed by atoms with Gasteiger partial charge in [0.1, 0.15) is 18.5 Å². The maximum absolute atomic E-state index is 5.95. The molecule has 2 atom stereocenters. The topological polar surface area (TPSA) is 68.2 Å². The van der Waals surface area contributed by atoms with Crippen LogP contribution < -0.4 is 10.1 Å². The number of hydrogen-bond acceptors (Lipinski definition) is 5. The summed E-state index contributed by atoms with van der Waals surface area (Å²) in [4.78, 5) is 11.0. The van der Waals surface area contributed by atoms with Gasteiger partial charge in [-0.3, -0.25) is 9.98 Å². The van der Waals surface area contributed by atoms with Crippen molar-refractivity contribution in [1.29, 1.82) is 0 Å². The first kappa shape index (κ1) is 20.6. The molecule has 2 aliphatic heterocycles. The minimum Gasteiger partial charge on any atom is -0.487 e. The average Bonchev–Trinajstić information content (AvgIpc) is 3.35. The van der Waals surface area contributed by atoms with Crippen molar-refractivity contribution in [2.24, 2.45) is 4.99 Å². The van der Waals surface area contributed by atoms with Crippen LogP contribution in [0.1, 0.15) is 24.1 Å². The van der Waals surface area contributed by atoms with Crippen molar-refractivity contribution < 1.29 is 14.2 Å². The molecule has 1 aromatic carbocycles. The molecule has 2 unspecified atom stereocenters. The second-order valence-electron chi connectivity index (χ2n) is 7.56. The second kappa shape index (κ2) is 10.4. The molecule has 0 aliphatic carbocycles. The minimum atomic E-state index is 0.121. The van der Waals surface area contributed by atoms with E-state index in [1.54, 1.807) is 6.20 Å². The predicted octanol–water partition coefficient (Wildman–Crippen LogP) is 2.62. The zero-order chi connectivity index (χ0) is 20.6. The quantitative estimate of drug-likeness (QED) is 0.583. The van der Waals surface area contributed by atoms with Gasteiger partial charge in [-0.15, -0.1) is 0 Å². The van der Waals surface area contributed by atoms with Crippen molar-refractivity contribution in [3.8, 4) is 5.75 Å². The number of pyridine rings is 1. The molecule has 0 radical (unpaired) electrons. The molecule has 2 aliphatic rings. The maximum Gasteiger partial charge on any atom is 0.194 e. The third kappa shape index (κ3) is 5.49. The number of aromatic nitrogens is 1. The van der Waals surface area contributed by atoms with Crippen molar-refractivity contribution in [3.63, 3.8) is 0 Å². The summed E-state index contributed by atoms with van der Waals surface area (Å²) in [5, 5.41) is 3.47. The summed E-state index contributed by atoms with van der Waals surface area (Å²) in [6.07, 6.45) is 4.32. The lowest BCUT2D eigenvalue weighted by atomic mass is 10.1. The van der Waals surface area contributed by atoms with Crippen LogP contribution in [0.15, 0.2) is 53.7 Å². The highest BCUT2D eigenvalue weighted by atomic mass is 16.5. The summed E-state index contributed by atoms with van der Waals surface area (Å²) in [5.74, 6) is 1.73. The van der Waals surface area contributed by atoms with Crippen molar-refractivity contribution >= 4 is 5.96 Å². The Kier molecular flexibility index (Phi) is 7.16. The van der Waals surface area contributed by atoms with Crippen molar-refractivity contribution in [2.75, 3.05) is 33.4 Å². The number of nitrogens with zero attached hydrogens (tertiary/aromatic N) is 3. The highest BCUT2D eigenvalue weighted by molar-refractivity contribution is 5.80. The molecule has 0 amide bonds. The Morgan fingerprint density at radius 2 is 2.03 bits per heavy atom. The molecular weight excluding hydrogens is 380 g/mol. The Balaban J connectivity index is 1.26. The largest absolute Gasteiger partial charge is 0.487 e. The standard InChI is InChI=1S/C23H30N4O3/c1-24-23(27-12-14-29-22(16-27)21-6-4-13-28-21)26-15-18-7-9-20(10-8-18)30-17-19-5-2-3-11-25-19/h2-3,5,7-11,21-22H,4,6,12-17H2,1H3,(H,24,26). The molecule has 0 bridgehead atoms. The maximum atomic E-state index is 5.95. The third-order valence-corrected chi connectivity index (χ3v) is 5.47. The van der Waals surface area contributed by atoms with Gasteiger partial charge in [-0.2, -0.15) is 0 Å². The van der Waals surface area contributed by atoms with Gasteiger partial charge in [-0.1, -0.05) is 18.2 Å². The fraction of sp³-hybridized carbons (Fsp3) is 0.478. The summed E-state index contributed by atoms with van der Waals surface area (Å²) in [7, 11) is 1.83. The summed E-state index contributed by atoms with van der Waals surface area (Å²) in [5.41, 5.74) is 2.09. The van der Waals surface area contributed by atoms with Gasteiger partial charge in [-0.05, 0) is 42.7 Å². The number of morpholine rings is 1. The van der Waals surface area contributed by atoms with Crippen LogP contribution in [0.2, 0.25) is 0 Å². The lowest BCUT2D eigenvalue weighted by Crippen LogP contribution is -2.53. The fourth-order valence-corrected chi connectivity index (χ4v) is 3.85. The van der Waals surface area contributed by atoms with Crippen LogP contribution >= 0.6 is 0 Å². The van der Waals surface area contributed by atoms with Gasteiger partial charge in [0.05, 0.1) is 18.4 Å². The van der Waals surface area contributed by atoms with E-state index in [4.69, 9.17) is 14.2 Å². The van der Waals surface area contributed by atoms with Crippen LogP contribution in [0.4, 0.5) is 0 Å². The molecule has 3 heterocycles. The van der Waals surface area contributed by atoms with Crippen molar-refractivity contribution in [2.45, 2.75) is 38.2 Å². The molecular formula is C23H30N4O3. The van der Waals surface area contributed by atoms with Gasteiger partial charge in [0, 0.05) is 39.5 Å². The average molecular weight is 411 g/mol. The van der Waals surface area contributed by atoms with Crippen molar-refractivity contribution in [1.82, 2.24) is 15.2 Å². The van der Waals surface area contributed by atoms with Gasteiger partial charge in [0.2, 0.25) is 0 Å². The van der Waals surface area contributed by atoms with E-state index in [9.17, 15) is 0 Å². The summed E-state index contributed by atoms with van der Waals surface area (Å²) in [6.45, 7) is 4.36. The van der Waals surface area contributed by atoms with E-state index < -0.39 is 0 Å². The van der Waals surface area contributed by atoms with Gasteiger partial charge in [0.25, 0.3) is 0 Å². The van der Waals surface area contributed by atoms with E-state index in [0.717, 1.165) is 49.9 Å². The highest BCUT2D eigenvalue weighted by Crippen LogP contribution is 2.21. The van der Waals surface area contributed by atoms with Gasteiger partial charge >= 0.3 is 0 Å². The molecule has 2 aromatic rings. The number of rotatable bonds is 6. The lowest BCUT2D eigenvalue weighted by Gasteiger charge is -2.37. The van der Waals surface area contributed by atoms with Crippen LogP contribution in [0, 0.1) is 0 Å². The Morgan fingerprint density at radius 3 is 2.77 bits per heavy atom. The molecule has 7 nitrogen and oxygen atoms in total. The monoisotopic (exact) mass is 410 g/mol. The van der Waals surface area contributed by atoms with E-state index in [1.165, 1.54) is 5.56 Å². The zero-order valence-electron chi connectivity index (χ0n) is 17.5. The second-order valence-corrected chi connectivity index (χ2v) is 7.56. The number of hydrogen-bond donors (Lipinski definition) is 1. The number of nitrogens with one attached hydrogen (secondary N) is 1. The molecule has 0 saturated carbocycles. The normalized spacial score (nSPS) is 22.2. The van der Waals surface area contributed by atoms with Crippen molar-refractivity contribution in [3.05, 3.63) is 59.9 Å². The van der Waals surface area contributed by atoms with E-state index in [-0.39, 0.29) is 12.2 Å². The fourth-order valence-electron chi connectivity index (χ4n) is 3.85. The van der Waals surface area contributed by atoms with Crippen LogP contribution in [0.25, 0.3) is 0 Å². The first-order valence-corrected chi connectivity index (χ1v) is 10.6. The smallest absolute Gasteiger partial charge is 0.194 e. The number of guanidine groups is 1. The SMILES string of the molecule is CN=C(NCc1ccc(OCc2ccccn2)cc1)N1CCOC(C2CCCO2)C1. The molecule has 1 aromatic heterocycles. The molecule has 7 heteroatoms. The van der Waals surface area contributed by atoms with E-state index >= 15 is 0 Å². The van der Waals surface area contributed by atoms with E-state index in [2.05, 4.69) is 32.3 Å². The minimum absolute atomic E-state index is 0.121. The molecule has 1 N–H and O–H groups in total. The molecule has 30 heavy (non-hydrogen) atoms. The van der Waals surface area contributed by atoms with Gasteiger partial charge in [0.15, 0.2) is 5.96 Å². The predicted molar refractivity (Wildman–Crippen MR) is 115 cm³/mol. The lowest BCUT2D eigenvalue weighted by molar-refractivity contribution is -0.0817. The summed E-state index contributed by atoms with van der Waals surface area (Å²) < 4.78 is 17.6. The Labute approximate surface area is 178 Å². The Morgan fingerprint density at radius 1 is 1.17 bits per heavy atom. The molecule has 2 saturated heterocycles. The molecule has 2 fully saturated rings. The van der Waals surface area contributed by atoms with E-state index in [1.807, 2.05) is 37.4 Å². The zero-order valence-corrected chi connectivity index (χ0v) is 17.5. The van der Waals surface area contributed by atoms with Gasteiger partial charge in [-0.25, -0.2) is 0 Å². The third-order valence-electron chi connectivity index (χ3n) is 5.47. The first-order chi connectivity index (χ1) is 14.8. The number of aliphatic imine (C=N–C) groups is 1. The molecule has 4 rings (SSSR count). The summed E-state index contributed by atoms with van der Waals surface area (Å²) in [6, 6.07) is 13.9. The van der Waals surface area contributed by atoms with Gasteiger partial charge < -0.3 is 24.4 Å². The molecule has 160 valence electrons. The number of ether oxygens (including phenoxy) is 3. The van der Waals surface area contributed by atoms with Crippen LogP contribution in [0.5, 0.6) is 5.75 Å². The number of benzene rings is 1. The Bertz CT molecular complexity index is 807.